The van der Waals surface area contributed by atoms with E-state index in [4.69, 9.17) is 0 Å². The van der Waals surface area contributed by atoms with Crippen LogP contribution < -0.4 is 16.9 Å². The number of likely N-dealkylation sites (tertiary alicyclic amines) is 1. The molecule has 1 saturated heterocycles. The molecule has 3 heterocycles. The van der Waals surface area contributed by atoms with E-state index in [1.807, 2.05) is 37.3 Å². The van der Waals surface area contributed by atoms with Crippen LogP contribution in [0, 0.1) is 0 Å². The second-order valence-corrected chi connectivity index (χ2v) is 8.24. The molecule has 1 N–H and O–H groups in total. The van der Waals surface area contributed by atoms with Crippen LogP contribution in [0.1, 0.15) is 43.5 Å². The number of H-pyrrole nitrogens is 1. The molecule has 1 amide bonds. The van der Waals surface area contributed by atoms with Gasteiger partial charge in [-0.05, 0) is 25.3 Å². The minimum absolute atomic E-state index is 0.0333. The summed E-state index contributed by atoms with van der Waals surface area (Å²) < 4.78 is 4.58. The van der Waals surface area contributed by atoms with E-state index in [1.165, 1.54) is 21.5 Å². The molecule has 10 nitrogen and oxygen atoms in total. The third kappa shape index (κ3) is 5.05. The fourth-order valence-electron chi connectivity index (χ4n) is 4.30. The number of nitrogens with one attached hydrogen (secondary N) is 1. The number of piperidine rings is 1. The van der Waals surface area contributed by atoms with Crippen molar-refractivity contribution in [1.82, 2.24) is 28.8 Å². The summed E-state index contributed by atoms with van der Waals surface area (Å²) in [6.45, 7) is 4.29. The van der Waals surface area contributed by atoms with E-state index < -0.39 is 11.2 Å². The maximum Gasteiger partial charge on any atom is 0.346 e. The van der Waals surface area contributed by atoms with Gasteiger partial charge in [0.05, 0.1) is 6.54 Å². The first-order chi connectivity index (χ1) is 16.0. The molecule has 174 valence electrons. The van der Waals surface area contributed by atoms with Crippen molar-refractivity contribution in [1.29, 1.82) is 0 Å². The lowest BCUT2D eigenvalue weighted by molar-refractivity contribution is -0.132. The zero-order valence-electron chi connectivity index (χ0n) is 18.6. The highest BCUT2D eigenvalue weighted by Gasteiger charge is 2.28. The van der Waals surface area contributed by atoms with E-state index in [1.54, 1.807) is 9.47 Å². The van der Waals surface area contributed by atoms with E-state index in [2.05, 4.69) is 10.1 Å². The highest BCUT2D eigenvalue weighted by atomic mass is 16.2. The predicted molar refractivity (Wildman–Crippen MR) is 122 cm³/mol. The van der Waals surface area contributed by atoms with E-state index in [0.717, 1.165) is 24.2 Å². The zero-order valence-corrected chi connectivity index (χ0v) is 18.6. The number of benzene rings is 1. The van der Waals surface area contributed by atoms with Gasteiger partial charge in [0.1, 0.15) is 5.82 Å². The van der Waals surface area contributed by atoms with Crippen molar-refractivity contribution in [3.05, 3.63) is 85.3 Å². The normalized spacial score (nSPS) is 14.5. The van der Waals surface area contributed by atoms with Crippen LogP contribution >= 0.6 is 0 Å². The molecule has 10 heteroatoms. The summed E-state index contributed by atoms with van der Waals surface area (Å²) in [5.41, 5.74) is -0.0610. The number of amides is 1. The van der Waals surface area contributed by atoms with Gasteiger partial charge in [-0.15, -0.1) is 0 Å². The molecule has 0 unspecified atom stereocenters. The Morgan fingerprint density at radius 3 is 2.48 bits per heavy atom. The Balaban J connectivity index is 1.38. The minimum Gasteiger partial charge on any atom is -0.343 e. The maximum absolute atomic E-state index is 12.9. The lowest BCUT2D eigenvalue weighted by atomic mass is 9.95. The van der Waals surface area contributed by atoms with E-state index in [0.29, 0.717) is 26.2 Å². The monoisotopic (exact) mass is 452 g/mol. The molecule has 0 radical (unpaired) electrons. The van der Waals surface area contributed by atoms with Crippen molar-refractivity contribution >= 4 is 5.91 Å². The van der Waals surface area contributed by atoms with Gasteiger partial charge in [0, 0.05) is 50.8 Å². The van der Waals surface area contributed by atoms with E-state index in [9.17, 15) is 19.2 Å². The Hall–Kier alpha value is -3.69. The van der Waals surface area contributed by atoms with Crippen LogP contribution in [0.3, 0.4) is 0 Å². The van der Waals surface area contributed by atoms with Gasteiger partial charge in [-0.25, -0.2) is 14.3 Å². The molecule has 1 aliphatic rings. The van der Waals surface area contributed by atoms with Gasteiger partial charge in [0.25, 0.3) is 5.56 Å². The van der Waals surface area contributed by atoms with Crippen LogP contribution in [-0.2, 0) is 24.4 Å². The van der Waals surface area contributed by atoms with Crippen molar-refractivity contribution in [3.8, 4) is 0 Å². The molecule has 0 bridgehead atoms. The molecule has 2 aromatic heterocycles. The zero-order chi connectivity index (χ0) is 23.4. The fourth-order valence-corrected chi connectivity index (χ4v) is 4.30. The number of rotatable bonds is 7. The van der Waals surface area contributed by atoms with Crippen LogP contribution in [0.2, 0.25) is 0 Å². The van der Waals surface area contributed by atoms with Crippen LogP contribution in [0.25, 0.3) is 0 Å². The average molecular weight is 453 g/mol. The molecule has 4 rings (SSSR count). The summed E-state index contributed by atoms with van der Waals surface area (Å²) in [6.07, 6.45) is 3.04. The summed E-state index contributed by atoms with van der Waals surface area (Å²) in [7, 11) is 0. The smallest absolute Gasteiger partial charge is 0.343 e. The van der Waals surface area contributed by atoms with Crippen molar-refractivity contribution in [3.63, 3.8) is 0 Å². The first-order valence-electron chi connectivity index (χ1n) is 11.2. The summed E-state index contributed by atoms with van der Waals surface area (Å²) >= 11 is 0. The van der Waals surface area contributed by atoms with Gasteiger partial charge < -0.3 is 9.47 Å². The molecule has 3 aromatic rings. The minimum atomic E-state index is -0.516. The first kappa shape index (κ1) is 22.5. The molecule has 1 fully saturated rings. The molecular formula is C23H28N6O4. The number of hydrogen-bond donors (Lipinski definition) is 1. The second kappa shape index (κ2) is 9.85. The highest BCUT2D eigenvalue weighted by Crippen LogP contribution is 2.26. The molecule has 0 atom stereocenters. The van der Waals surface area contributed by atoms with Gasteiger partial charge in [0.2, 0.25) is 5.91 Å². The SMILES string of the molecule is CCn1c(C2CCN(C(=O)CCn3ccc(=O)[nH]c3=O)CC2)nn(Cc2ccccc2)c1=O. The maximum atomic E-state index is 12.9. The van der Waals surface area contributed by atoms with Crippen molar-refractivity contribution in [2.24, 2.45) is 0 Å². The third-order valence-corrected chi connectivity index (χ3v) is 6.12. The third-order valence-electron chi connectivity index (χ3n) is 6.12. The molecule has 33 heavy (non-hydrogen) atoms. The summed E-state index contributed by atoms with van der Waals surface area (Å²) in [4.78, 5) is 52.4. The van der Waals surface area contributed by atoms with Crippen molar-refractivity contribution < 1.29 is 4.79 Å². The topological polar surface area (TPSA) is 115 Å². The number of carbonyl (C=O) groups is 1. The molecular weight excluding hydrogens is 424 g/mol. The van der Waals surface area contributed by atoms with Gasteiger partial charge in [-0.1, -0.05) is 30.3 Å². The summed E-state index contributed by atoms with van der Waals surface area (Å²) in [6, 6.07) is 11.0. The van der Waals surface area contributed by atoms with Crippen LogP contribution in [0.5, 0.6) is 0 Å². The summed E-state index contributed by atoms with van der Waals surface area (Å²) in [5.74, 6) is 0.861. The van der Waals surface area contributed by atoms with Crippen LogP contribution in [0.4, 0.5) is 0 Å². The van der Waals surface area contributed by atoms with Gasteiger partial charge in [0.15, 0.2) is 0 Å². The number of aromatic amines is 1. The van der Waals surface area contributed by atoms with Gasteiger partial charge in [-0.2, -0.15) is 5.10 Å². The van der Waals surface area contributed by atoms with Crippen molar-refractivity contribution in [2.75, 3.05) is 13.1 Å². The first-order valence-corrected chi connectivity index (χ1v) is 11.2. The molecule has 0 saturated carbocycles. The lowest BCUT2D eigenvalue weighted by Gasteiger charge is -2.31. The second-order valence-electron chi connectivity index (χ2n) is 8.24. The van der Waals surface area contributed by atoms with Crippen LogP contribution in [0.15, 0.2) is 57.0 Å². The van der Waals surface area contributed by atoms with Gasteiger partial charge in [-0.3, -0.25) is 19.1 Å². The Bertz CT molecular complexity index is 1280. The Morgan fingerprint density at radius 1 is 1.09 bits per heavy atom. The Morgan fingerprint density at radius 2 is 1.82 bits per heavy atom. The van der Waals surface area contributed by atoms with Gasteiger partial charge >= 0.3 is 11.4 Å². The number of nitrogens with zero attached hydrogens (tertiary/aromatic N) is 5. The van der Waals surface area contributed by atoms with E-state index >= 15 is 0 Å². The summed E-state index contributed by atoms with van der Waals surface area (Å²) in [5, 5.41) is 4.66. The average Bonchev–Trinajstić information content (AvgIpc) is 3.14. The molecule has 0 spiro atoms. The Labute approximate surface area is 190 Å². The van der Waals surface area contributed by atoms with E-state index in [-0.39, 0.29) is 30.5 Å². The molecule has 1 aromatic carbocycles. The number of carbonyl (C=O) groups excluding carboxylic acids is 1. The quantitative estimate of drug-likeness (QED) is 0.568. The number of hydrogen-bond acceptors (Lipinski definition) is 5. The molecule has 0 aliphatic carbocycles. The number of aromatic nitrogens is 5. The highest BCUT2D eigenvalue weighted by molar-refractivity contribution is 5.76. The largest absolute Gasteiger partial charge is 0.346 e. The predicted octanol–water partition coefficient (Wildman–Crippen LogP) is 0.759. The Kier molecular flexibility index (Phi) is 6.71. The van der Waals surface area contributed by atoms with Crippen molar-refractivity contribution in [2.45, 2.75) is 51.7 Å². The lowest BCUT2D eigenvalue weighted by Crippen LogP contribution is -2.39. The number of aryl methyl sites for hydroxylation is 1. The molecule has 1 aliphatic heterocycles. The standard InChI is InChI=1S/C23H28N6O4/c1-2-28-21(25-29(23(28)33)16-17-6-4-3-5-7-17)18-8-12-26(13-9-18)20(31)11-15-27-14-10-19(30)24-22(27)32/h3-7,10,14,18H,2,8-9,11-13,15-16H2,1H3,(H,24,30,32). The fraction of sp³-hybridized carbons (Fsp3) is 0.435. The van der Waals surface area contributed by atoms with Crippen LogP contribution in [-0.4, -0.2) is 47.8 Å².